The molecule has 8 heteroatoms. The summed E-state index contributed by atoms with van der Waals surface area (Å²) in [6, 6.07) is 1.04. The van der Waals surface area contributed by atoms with E-state index in [0.29, 0.717) is 5.69 Å². The van der Waals surface area contributed by atoms with Crippen LogP contribution in [0.25, 0.3) is 0 Å². The Morgan fingerprint density at radius 2 is 2.20 bits per heavy atom. The van der Waals surface area contributed by atoms with Crippen molar-refractivity contribution in [1.82, 2.24) is 9.88 Å². The maximum Gasteiger partial charge on any atom is 0.323 e. The van der Waals surface area contributed by atoms with Gasteiger partial charge in [-0.15, -0.1) is 0 Å². The summed E-state index contributed by atoms with van der Waals surface area (Å²) in [7, 11) is 0. The predicted molar refractivity (Wildman–Crippen MR) is 67.3 cm³/mol. The van der Waals surface area contributed by atoms with Gasteiger partial charge in [-0.05, 0) is 19.8 Å². The highest BCUT2D eigenvalue weighted by Crippen LogP contribution is 2.29. The van der Waals surface area contributed by atoms with Gasteiger partial charge in [0.1, 0.15) is 12.7 Å². The molecule has 8 nitrogen and oxygen atoms in total. The summed E-state index contributed by atoms with van der Waals surface area (Å²) in [4.78, 5) is 38.3. The normalized spacial score (nSPS) is 13.8. The van der Waals surface area contributed by atoms with Crippen LogP contribution in [0.2, 0.25) is 0 Å². The van der Waals surface area contributed by atoms with E-state index in [9.17, 15) is 19.7 Å². The minimum atomic E-state index is -1.11. The molecule has 1 fully saturated rings. The Morgan fingerprint density at radius 1 is 1.55 bits per heavy atom. The lowest BCUT2D eigenvalue weighted by atomic mass is 10.1. The van der Waals surface area contributed by atoms with E-state index in [4.69, 9.17) is 5.11 Å². The molecule has 1 aromatic heterocycles. The fourth-order valence-corrected chi connectivity index (χ4v) is 1.89. The fraction of sp³-hybridized carbons (Fsp3) is 0.417. The number of aliphatic carboxylic acids is 1. The number of amides is 1. The summed E-state index contributed by atoms with van der Waals surface area (Å²) < 4.78 is 0. The largest absolute Gasteiger partial charge is 0.480 e. The fourth-order valence-electron chi connectivity index (χ4n) is 1.89. The molecule has 0 aromatic carbocycles. The van der Waals surface area contributed by atoms with E-state index in [0.717, 1.165) is 25.1 Å². The molecule has 0 spiro atoms. The van der Waals surface area contributed by atoms with Gasteiger partial charge in [0, 0.05) is 12.1 Å². The number of nitro groups is 1. The predicted octanol–water partition coefficient (Wildman–Crippen LogP) is 0.987. The summed E-state index contributed by atoms with van der Waals surface area (Å²) in [6.45, 7) is 1.15. The van der Waals surface area contributed by atoms with Crippen molar-refractivity contribution in [3.8, 4) is 0 Å². The van der Waals surface area contributed by atoms with Crippen LogP contribution in [0.1, 0.15) is 28.9 Å². The molecule has 0 bridgehead atoms. The number of aryl methyl sites for hydroxylation is 1. The minimum Gasteiger partial charge on any atom is -0.480 e. The van der Waals surface area contributed by atoms with Gasteiger partial charge in [0.05, 0.1) is 16.2 Å². The molecule has 1 aliphatic rings. The first-order valence-corrected chi connectivity index (χ1v) is 6.04. The zero-order valence-corrected chi connectivity index (χ0v) is 10.8. The average Bonchev–Trinajstić information content (AvgIpc) is 3.19. The van der Waals surface area contributed by atoms with E-state index in [2.05, 4.69) is 4.98 Å². The highest BCUT2D eigenvalue weighted by atomic mass is 16.6. The standard InChI is InChI=1S/C12H13N3O5/c1-7-10(4-9(5-13-7)15(19)20)12(18)14(6-11(16)17)8-2-3-8/h4-5,8H,2-3,6H2,1H3,(H,16,17). The van der Waals surface area contributed by atoms with E-state index < -0.39 is 23.3 Å². The molecule has 0 unspecified atom stereocenters. The molecule has 0 aliphatic heterocycles. The van der Waals surface area contributed by atoms with Gasteiger partial charge in [-0.3, -0.25) is 24.7 Å². The number of carbonyl (C=O) groups is 2. The Hall–Kier alpha value is -2.51. The van der Waals surface area contributed by atoms with Gasteiger partial charge in [-0.2, -0.15) is 0 Å². The molecule has 106 valence electrons. The Bertz CT molecular complexity index is 582. The average molecular weight is 279 g/mol. The van der Waals surface area contributed by atoms with Gasteiger partial charge >= 0.3 is 5.97 Å². The number of rotatable bonds is 5. The third-order valence-corrected chi connectivity index (χ3v) is 3.07. The second kappa shape index (κ2) is 5.24. The number of carbonyl (C=O) groups excluding carboxylic acids is 1. The number of hydrogen-bond acceptors (Lipinski definition) is 5. The van der Waals surface area contributed by atoms with Crippen molar-refractivity contribution >= 4 is 17.6 Å². The number of nitrogens with zero attached hydrogens (tertiary/aromatic N) is 3. The molecule has 1 heterocycles. The van der Waals surface area contributed by atoms with Gasteiger partial charge in [0.25, 0.3) is 11.6 Å². The van der Waals surface area contributed by atoms with Crippen LogP contribution in [0, 0.1) is 17.0 Å². The number of aromatic nitrogens is 1. The van der Waals surface area contributed by atoms with E-state index in [1.54, 1.807) is 6.92 Å². The van der Waals surface area contributed by atoms with E-state index in [1.807, 2.05) is 0 Å². The third kappa shape index (κ3) is 2.90. The maximum absolute atomic E-state index is 12.4. The molecule has 0 atom stereocenters. The second-order valence-electron chi connectivity index (χ2n) is 4.64. The van der Waals surface area contributed by atoms with Crippen molar-refractivity contribution in [3.63, 3.8) is 0 Å². The van der Waals surface area contributed by atoms with E-state index in [-0.39, 0.29) is 17.3 Å². The Morgan fingerprint density at radius 3 is 2.70 bits per heavy atom. The zero-order chi connectivity index (χ0) is 14.9. The quantitative estimate of drug-likeness (QED) is 0.635. The Balaban J connectivity index is 2.33. The molecule has 0 saturated heterocycles. The van der Waals surface area contributed by atoms with Crippen molar-refractivity contribution in [2.75, 3.05) is 6.54 Å². The number of pyridine rings is 1. The first kappa shape index (κ1) is 13.9. The van der Waals surface area contributed by atoms with Gasteiger partial charge < -0.3 is 10.0 Å². The highest BCUT2D eigenvalue weighted by Gasteiger charge is 2.35. The summed E-state index contributed by atoms with van der Waals surface area (Å²) >= 11 is 0. The molecule has 0 radical (unpaired) electrons. The molecule has 1 amide bonds. The molecule has 20 heavy (non-hydrogen) atoms. The van der Waals surface area contributed by atoms with Crippen LogP contribution >= 0.6 is 0 Å². The van der Waals surface area contributed by atoms with Gasteiger partial charge in [0.2, 0.25) is 0 Å². The second-order valence-corrected chi connectivity index (χ2v) is 4.64. The number of carboxylic acid groups (broad SMARTS) is 1. The molecule has 1 aromatic rings. The maximum atomic E-state index is 12.4. The summed E-state index contributed by atoms with van der Waals surface area (Å²) in [5, 5.41) is 19.6. The SMILES string of the molecule is Cc1ncc([N+](=O)[O-])cc1C(=O)N(CC(=O)O)C1CC1. The Kier molecular flexibility index (Phi) is 3.64. The summed E-state index contributed by atoms with van der Waals surface area (Å²) in [5.74, 6) is -1.63. The van der Waals surface area contributed by atoms with Crippen LogP contribution in [0.3, 0.4) is 0 Å². The highest BCUT2D eigenvalue weighted by molar-refractivity contribution is 5.97. The van der Waals surface area contributed by atoms with Crippen LogP contribution in [0.4, 0.5) is 5.69 Å². The molecule has 1 aliphatic carbocycles. The monoisotopic (exact) mass is 279 g/mol. The molecule has 2 rings (SSSR count). The van der Waals surface area contributed by atoms with Gasteiger partial charge in [-0.1, -0.05) is 0 Å². The first-order chi connectivity index (χ1) is 9.40. The van der Waals surface area contributed by atoms with Crippen LogP contribution in [-0.4, -0.2) is 44.4 Å². The number of carboxylic acids is 1. The lowest BCUT2D eigenvalue weighted by Crippen LogP contribution is -2.37. The summed E-state index contributed by atoms with van der Waals surface area (Å²) in [5.41, 5.74) is 0.133. The topological polar surface area (TPSA) is 114 Å². The molecular formula is C12H13N3O5. The van der Waals surface area contributed by atoms with Crippen molar-refractivity contribution in [3.05, 3.63) is 33.6 Å². The van der Waals surface area contributed by atoms with E-state index >= 15 is 0 Å². The molecule has 1 saturated carbocycles. The zero-order valence-electron chi connectivity index (χ0n) is 10.8. The van der Waals surface area contributed by atoms with Crippen LogP contribution in [-0.2, 0) is 4.79 Å². The number of hydrogen-bond donors (Lipinski definition) is 1. The van der Waals surface area contributed by atoms with Crippen LogP contribution < -0.4 is 0 Å². The molecular weight excluding hydrogens is 266 g/mol. The van der Waals surface area contributed by atoms with Crippen molar-refractivity contribution in [2.24, 2.45) is 0 Å². The lowest BCUT2D eigenvalue weighted by molar-refractivity contribution is -0.385. The third-order valence-electron chi connectivity index (χ3n) is 3.07. The van der Waals surface area contributed by atoms with Crippen LogP contribution in [0.5, 0.6) is 0 Å². The molecule has 1 N–H and O–H groups in total. The van der Waals surface area contributed by atoms with Gasteiger partial charge in [-0.25, -0.2) is 0 Å². The smallest absolute Gasteiger partial charge is 0.323 e. The van der Waals surface area contributed by atoms with Crippen molar-refractivity contribution in [2.45, 2.75) is 25.8 Å². The van der Waals surface area contributed by atoms with Gasteiger partial charge in [0.15, 0.2) is 0 Å². The minimum absolute atomic E-state index is 0.0763. The first-order valence-electron chi connectivity index (χ1n) is 6.04. The van der Waals surface area contributed by atoms with Crippen molar-refractivity contribution in [1.29, 1.82) is 0 Å². The van der Waals surface area contributed by atoms with Crippen molar-refractivity contribution < 1.29 is 19.6 Å². The van der Waals surface area contributed by atoms with Crippen LogP contribution in [0.15, 0.2) is 12.3 Å². The van der Waals surface area contributed by atoms with E-state index in [1.165, 1.54) is 4.90 Å². The summed E-state index contributed by atoms with van der Waals surface area (Å²) in [6.07, 6.45) is 2.58. The Labute approximate surface area is 114 Å². The lowest BCUT2D eigenvalue weighted by Gasteiger charge is -2.20.